The van der Waals surface area contributed by atoms with E-state index in [1.165, 1.54) is 17.8 Å². The van der Waals surface area contributed by atoms with E-state index in [0.29, 0.717) is 23.6 Å². The summed E-state index contributed by atoms with van der Waals surface area (Å²) in [5, 5.41) is 3.71. The number of ether oxygens (including phenoxy) is 1. The molecule has 0 aliphatic carbocycles. The van der Waals surface area contributed by atoms with Gasteiger partial charge in [-0.3, -0.25) is 9.59 Å². The zero-order valence-corrected chi connectivity index (χ0v) is 16.4. The van der Waals surface area contributed by atoms with Crippen molar-refractivity contribution in [3.8, 4) is 0 Å². The van der Waals surface area contributed by atoms with Crippen molar-refractivity contribution in [3.63, 3.8) is 0 Å². The van der Waals surface area contributed by atoms with Crippen LogP contribution in [0.4, 0.5) is 5.00 Å². The largest absolute Gasteiger partial charge is 0.368 e. The molecule has 1 atom stereocenters. The number of thiophene rings is 1. The summed E-state index contributed by atoms with van der Waals surface area (Å²) in [6.07, 6.45) is 3.62. The molecule has 2 amide bonds. The van der Waals surface area contributed by atoms with Gasteiger partial charge in [0.1, 0.15) is 5.00 Å². The highest BCUT2D eigenvalue weighted by molar-refractivity contribution is 7.17. The molecule has 0 bridgehead atoms. The molecule has 0 saturated carbocycles. The molecule has 6 heteroatoms. The number of fused-ring (bicyclic) bond motifs is 1. The normalized spacial score (nSPS) is 20.5. The van der Waals surface area contributed by atoms with Crippen LogP contribution in [0.15, 0.2) is 0 Å². The van der Waals surface area contributed by atoms with E-state index in [-0.39, 0.29) is 23.3 Å². The Bertz CT molecular complexity index is 669. The van der Waals surface area contributed by atoms with Crippen LogP contribution >= 0.6 is 11.3 Å². The summed E-state index contributed by atoms with van der Waals surface area (Å²) in [5.74, 6) is 0.00861. The Morgan fingerprint density at radius 2 is 1.92 bits per heavy atom. The molecule has 0 aromatic carbocycles. The van der Waals surface area contributed by atoms with Crippen LogP contribution in [-0.4, -0.2) is 29.8 Å². The third-order valence-electron chi connectivity index (χ3n) is 4.69. The fraction of sp³-hybridized carbons (Fsp3) is 0.684. The standard InChI is InChI=1S/C19H28N2O3S/c1-12-15-13(11-24-12)25-17(20-14(22)10-19(2,3)4)16(15)18(23)21-8-6-5-7-9-21/h12H,5-11H2,1-4H3,(H,20,22). The first kappa shape index (κ1) is 18.4. The molecule has 1 N–H and O–H groups in total. The second kappa shape index (κ2) is 7.08. The van der Waals surface area contributed by atoms with Crippen LogP contribution in [0.3, 0.4) is 0 Å². The fourth-order valence-corrected chi connectivity index (χ4v) is 4.74. The number of anilines is 1. The lowest BCUT2D eigenvalue weighted by Gasteiger charge is -2.27. The number of nitrogens with zero attached hydrogens (tertiary/aromatic N) is 1. The second-order valence-electron chi connectivity index (χ2n) is 8.23. The number of rotatable bonds is 3. The van der Waals surface area contributed by atoms with Gasteiger partial charge in [0.2, 0.25) is 5.91 Å². The number of amides is 2. The fourth-order valence-electron chi connectivity index (χ4n) is 3.52. The molecule has 1 aromatic heterocycles. The predicted octanol–water partition coefficient (Wildman–Crippen LogP) is 4.34. The Morgan fingerprint density at radius 3 is 2.56 bits per heavy atom. The van der Waals surface area contributed by atoms with Crippen molar-refractivity contribution in [1.29, 1.82) is 0 Å². The van der Waals surface area contributed by atoms with Gasteiger partial charge in [-0.05, 0) is 31.6 Å². The van der Waals surface area contributed by atoms with Crippen molar-refractivity contribution in [2.24, 2.45) is 5.41 Å². The van der Waals surface area contributed by atoms with Gasteiger partial charge in [0.05, 0.1) is 18.3 Å². The van der Waals surface area contributed by atoms with Crippen LogP contribution < -0.4 is 5.32 Å². The number of carbonyl (C=O) groups is 2. The number of piperidine rings is 1. The maximum absolute atomic E-state index is 13.2. The first-order valence-corrected chi connectivity index (χ1v) is 9.94. The highest BCUT2D eigenvalue weighted by Gasteiger charge is 2.34. The lowest BCUT2D eigenvalue weighted by Crippen LogP contribution is -2.36. The van der Waals surface area contributed by atoms with Crippen molar-refractivity contribution >= 4 is 28.2 Å². The first-order chi connectivity index (χ1) is 11.8. The molecule has 1 fully saturated rings. The summed E-state index contributed by atoms with van der Waals surface area (Å²) in [7, 11) is 0. The van der Waals surface area contributed by atoms with Gasteiger partial charge >= 0.3 is 0 Å². The summed E-state index contributed by atoms with van der Waals surface area (Å²) >= 11 is 1.49. The van der Waals surface area contributed by atoms with Crippen LogP contribution in [0.2, 0.25) is 0 Å². The SMILES string of the molecule is CC1OCc2sc(NC(=O)CC(C)(C)C)c(C(=O)N3CCCCC3)c21. The quantitative estimate of drug-likeness (QED) is 0.868. The smallest absolute Gasteiger partial charge is 0.257 e. The minimum absolute atomic E-state index is 0.0336. The van der Waals surface area contributed by atoms with Gasteiger partial charge < -0.3 is 15.0 Å². The monoisotopic (exact) mass is 364 g/mol. The molecule has 1 unspecified atom stereocenters. The Labute approximate surface area is 153 Å². The van der Waals surface area contributed by atoms with Gasteiger partial charge in [0.25, 0.3) is 5.91 Å². The zero-order chi connectivity index (χ0) is 18.2. The molecule has 5 nitrogen and oxygen atoms in total. The van der Waals surface area contributed by atoms with E-state index < -0.39 is 0 Å². The Balaban J connectivity index is 1.89. The zero-order valence-electron chi connectivity index (χ0n) is 15.6. The minimum atomic E-state index is -0.0942. The molecule has 2 aliphatic rings. The lowest BCUT2D eigenvalue weighted by molar-refractivity contribution is -0.117. The number of hydrogen-bond donors (Lipinski definition) is 1. The highest BCUT2D eigenvalue weighted by atomic mass is 32.1. The number of likely N-dealkylation sites (tertiary alicyclic amines) is 1. The lowest BCUT2D eigenvalue weighted by atomic mass is 9.92. The molecule has 3 heterocycles. The summed E-state index contributed by atoms with van der Waals surface area (Å²) in [6.45, 7) is 10.2. The molecule has 0 radical (unpaired) electrons. The topological polar surface area (TPSA) is 58.6 Å². The molecule has 1 saturated heterocycles. The van der Waals surface area contributed by atoms with E-state index in [0.717, 1.165) is 36.4 Å². The maximum Gasteiger partial charge on any atom is 0.257 e. The van der Waals surface area contributed by atoms with E-state index in [4.69, 9.17) is 4.74 Å². The Hall–Kier alpha value is -1.40. The average molecular weight is 365 g/mol. The van der Waals surface area contributed by atoms with Gasteiger partial charge in [-0.2, -0.15) is 0 Å². The maximum atomic E-state index is 13.2. The van der Waals surface area contributed by atoms with E-state index in [9.17, 15) is 9.59 Å². The summed E-state index contributed by atoms with van der Waals surface area (Å²) in [5.41, 5.74) is 1.55. The molecular weight excluding hydrogens is 336 g/mol. The Morgan fingerprint density at radius 1 is 1.24 bits per heavy atom. The summed E-state index contributed by atoms with van der Waals surface area (Å²) in [4.78, 5) is 28.6. The van der Waals surface area contributed by atoms with Crippen LogP contribution in [0.25, 0.3) is 0 Å². The third kappa shape index (κ3) is 4.06. The van der Waals surface area contributed by atoms with E-state index >= 15 is 0 Å². The van der Waals surface area contributed by atoms with Gasteiger partial charge in [-0.1, -0.05) is 20.8 Å². The van der Waals surface area contributed by atoms with Crippen molar-refractivity contribution in [1.82, 2.24) is 4.90 Å². The van der Waals surface area contributed by atoms with E-state index in [1.807, 2.05) is 32.6 Å². The highest BCUT2D eigenvalue weighted by Crippen LogP contribution is 2.44. The van der Waals surface area contributed by atoms with Crippen LogP contribution in [-0.2, 0) is 16.1 Å². The number of nitrogens with one attached hydrogen (secondary N) is 1. The van der Waals surface area contributed by atoms with Gasteiger partial charge in [-0.25, -0.2) is 0 Å². The molecule has 3 rings (SSSR count). The second-order valence-corrected chi connectivity index (χ2v) is 9.34. The number of carbonyl (C=O) groups excluding carboxylic acids is 2. The van der Waals surface area contributed by atoms with E-state index in [2.05, 4.69) is 5.32 Å². The van der Waals surface area contributed by atoms with Gasteiger partial charge in [-0.15, -0.1) is 11.3 Å². The van der Waals surface area contributed by atoms with Crippen molar-refractivity contribution in [2.75, 3.05) is 18.4 Å². The van der Waals surface area contributed by atoms with Crippen LogP contribution in [0.5, 0.6) is 0 Å². The van der Waals surface area contributed by atoms with Crippen molar-refractivity contribution in [2.45, 2.75) is 66.1 Å². The minimum Gasteiger partial charge on any atom is -0.368 e. The summed E-state index contributed by atoms with van der Waals surface area (Å²) in [6, 6.07) is 0. The predicted molar refractivity (Wildman–Crippen MR) is 100.0 cm³/mol. The first-order valence-electron chi connectivity index (χ1n) is 9.12. The number of hydrogen-bond acceptors (Lipinski definition) is 4. The molecule has 138 valence electrons. The van der Waals surface area contributed by atoms with Crippen molar-refractivity contribution < 1.29 is 14.3 Å². The van der Waals surface area contributed by atoms with E-state index in [1.54, 1.807) is 0 Å². The average Bonchev–Trinajstić information content (AvgIpc) is 3.05. The molecule has 25 heavy (non-hydrogen) atoms. The molecule has 2 aliphatic heterocycles. The van der Waals surface area contributed by atoms with Gasteiger partial charge in [0, 0.05) is 30.0 Å². The van der Waals surface area contributed by atoms with Crippen molar-refractivity contribution in [3.05, 3.63) is 16.0 Å². The van der Waals surface area contributed by atoms with Crippen LogP contribution in [0, 0.1) is 5.41 Å². The summed E-state index contributed by atoms with van der Waals surface area (Å²) < 4.78 is 5.71. The molecular formula is C19H28N2O3S. The van der Waals surface area contributed by atoms with Crippen LogP contribution in [0.1, 0.15) is 80.3 Å². The Kier molecular flexibility index (Phi) is 5.21. The van der Waals surface area contributed by atoms with Gasteiger partial charge in [0.15, 0.2) is 0 Å². The molecule has 0 spiro atoms. The molecule has 1 aromatic rings. The third-order valence-corrected chi connectivity index (χ3v) is 5.79.